The summed E-state index contributed by atoms with van der Waals surface area (Å²) in [7, 11) is 0. The van der Waals surface area contributed by atoms with E-state index in [1.807, 2.05) is 0 Å². The molecule has 2 aliphatic rings. The molecule has 0 aromatic heterocycles. The third-order valence-electron chi connectivity index (χ3n) is 4.51. The third kappa shape index (κ3) is 1.90. The topological polar surface area (TPSA) is 49.8 Å². The lowest BCUT2D eigenvalue weighted by atomic mass is 9.77. The normalized spacial score (nSPS) is 28.8. The van der Waals surface area contributed by atoms with E-state index in [2.05, 4.69) is 0 Å². The molecular formula is C15H18ClNO3. The van der Waals surface area contributed by atoms with E-state index in [0.29, 0.717) is 23.6 Å². The first-order valence-electron chi connectivity index (χ1n) is 6.97. The summed E-state index contributed by atoms with van der Waals surface area (Å²) in [4.78, 5) is 13.6. The first-order chi connectivity index (χ1) is 9.46. The molecule has 1 saturated heterocycles. The summed E-state index contributed by atoms with van der Waals surface area (Å²) in [6, 6.07) is 6.85. The molecule has 1 aromatic rings. The summed E-state index contributed by atoms with van der Waals surface area (Å²) in [6.07, 6.45) is 3.98. The van der Waals surface area contributed by atoms with Crippen LogP contribution in [0.4, 0.5) is 10.5 Å². The fraction of sp³-hybridized carbons (Fsp3) is 0.533. The molecule has 2 fully saturated rings. The van der Waals surface area contributed by atoms with Gasteiger partial charge in [0.2, 0.25) is 0 Å². The quantitative estimate of drug-likeness (QED) is 0.859. The first kappa shape index (κ1) is 13.7. The summed E-state index contributed by atoms with van der Waals surface area (Å²) in [5.74, 6) is 0. The lowest BCUT2D eigenvalue weighted by Crippen LogP contribution is -2.57. The standard InChI is InChI=1S/C15H18ClNO3/c1-14(19)15(9-3-2-4-10-15)20-13(18)17(14)12-7-5-11(16)6-8-12/h5-8,19H,2-4,9-10H2,1H3/t14-/m1/s1. The zero-order chi connectivity index (χ0) is 14.4. The van der Waals surface area contributed by atoms with Crippen molar-refractivity contribution in [2.24, 2.45) is 0 Å². The lowest BCUT2D eigenvalue weighted by Gasteiger charge is -2.42. The number of aliphatic hydroxyl groups is 1. The van der Waals surface area contributed by atoms with Crippen molar-refractivity contribution < 1.29 is 14.6 Å². The zero-order valence-corrected chi connectivity index (χ0v) is 12.2. The fourth-order valence-corrected chi connectivity index (χ4v) is 3.46. The van der Waals surface area contributed by atoms with E-state index in [0.717, 1.165) is 19.3 Å². The minimum absolute atomic E-state index is 0.487. The van der Waals surface area contributed by atoms with Gasteiger partial charge in [-0.25, -0.2) is 9.69 Å². The Morgan fingerprint density at radius 2 is 1.80 bits per heavy atom. The van der Waals surface area contributed by atoms with Crippen molar-refractivity contribution in [3.8, 4) is 0 Å². The number of anilines is 1. The van der Waals surface area contributed by atoms with E-state index in [-0.39, 0.29) is 0 Å². The highest BCUT2D eigenvalue weighted by Gasteiger charge is 2.62. The highest BCUT2D eigenvalue weighted by Crippen LogP contribution is 2.48. The molecule has 1 aromatic carbocycles. The second-order valence-electron chi connectivity index (χ2n) is 5.76. The van der Waals surface area contributed by atoms with Gasteiger partial charge in [0, 0.05) is 5.02 Å². The predicted molar refractivity (Wildman–Crippen MR) is 76.9 cm³/mol. The number of benzene rings is 1. The molecule has 1 amide bonds. The summed E-state index contributed by atoms with van der Waals surface area (Å²) >= 11 is 5.87. The van der Waals surface area contributed by atoms with Crippen molar-refractivity contribution in [2.75, 3.05) is 4.90 Å². The molecule has 1 heterocycles. The zero-order valence-electron chi connectivity index (χ0n) is 11.4. The maximum absolute atomic E-state index is 12.3. The van der Waals surface area contributed by atoms with E-state index < -0.39 is 17.4 Å². The molecule has 3 rings (SSSR count). The smallest absolute Gasteiger partial charge is 0.417 e. The Labute approximate surface area is 123 Å². The Morgan fingerprint density at radius 3 is 2.40 bits per heavy atom. The molecule has 108 valence electrons. The van der Waals surface area contributed by atoms with E-state index in [1.54, 1.807) is 31.2 Å². The maximum Gasteiger partial charge on any atom is 0.417 e. The lowest BCUT2D eigenvalue weighted by molar-refractivity contribution is -0.115. The molecule has 1 N–H and O–H groups in total. The van der Waals surface area contributed by atoms with E-state index in [1.165, 1.54) is 4.90 Å². The second-order valence-corrected chi connectivity index (χ2v) is 6.19. The molecule has 4 nitrogen and oxygen atoms in total. The van der Waals surface area contributed by atoms with Crippen molar-refractivity contribution in [2.45, 2.75) is 50.4 Å². The second kappa shape index (κ2) is 4.64. The molecule has 0 unspecified atom stereocenters. The third-order valence-corrected chi connectivity index (χ3v) is 4.76. The molecule has 20 heavy (non-hydrogen) atoms. The number of hydrogen-bond donors (Lipinski definition) is 1. The van der Waals surface area contributed by atoms with Crippen LogP contribution in [0.2, 0.25) is 5.02 Å². The highest BCUT2D eigenvalue weighted by molar-refractivity contribution is 6.30. The van der Waals surface area contributed by atoms with Crippen LogP contribution in [0.5, 0.6) is 0 Å². The van der Waals surface area contributed by atoms with Gasteiger partial charge < -0.3 is 9.84 Å². The van der Waals surface area contributed by atoms with Crippen LogP contribution in [0.3, 0.4) is 0 Å². The van der Waals surface area contributed by atoms with Crippen molar-refractivity contribution >= 4 is 23.4 Å². The van der Waals surface area contributed by atoms with Gasteiger partial charge in [0.05, 0.1) is 5.69 Å². The number of rotatable bonds is 1. The Hall–Kier alpha value is -1.26. The summed E-state index contributed by atoms with van der Waals surface area (Å²) in [6.45, 7) is 1.66. The van der Waals surface area contributed by atoms with Crippen LogP contribution in [0.25, 0.3) is 0 Å². The molecule has 1 spiro atoms. The van der Waals surface area contributed by atoms with Crippen LogP contribution in [-0.4, -0.2) is 22.5 Å². The molecule has 0 bridgehead atoms. The van der Waals surface area contributed by atoms with Crippen LogP contribution < -0.4 is 4.90 Å². The minimum Gasteiger partial charge on any atom is -0.437 e. The number of amides is 1. The minimum atomic E-state index is -1.33. The van der Waals surface area contributed by atoms with Crippen molar-refractivity contribution in [3.63, 3.8) is 0 Å². The maximum atomic E-state index is 12.3. The SMILES string of the molecule is C[C@]1(O)N(c2ccc(Cl)cc2)C(=O)OC12CCCCC2. The summed E-state index contributed by atoms with van der Waals surface area (Å²) in [5, 5.41) is 11.6. The monoisotopic (exact) mass is 295 g/mol. The average molecular weight is 296 g/mol. The van der Waals surface area contributed by atoms with Crippen LogP contribution in [0, 0.1) is 0 Å². The molecule has 1 saturated carbocycles. The predicted octanol–water partition coefficient (Wildman–Crippen LogP) is 3.71. The van der Waals surface area contributed by atoms with Crippen molar-refractivity contribution in [1.82, 2.24) is 0 Å². The van der Waals surface area contributed by atoms with Gasteiger partial charge in [-0.05, 0) is 56.9 Å². The Bertz CT molecular complexity index is 520. The van der Waals surface area contributed by atoms with Gasteiger partial charge in [0.25, 0.3) is 0 Å². The van der Waals surface area contributed by atoms with E-state index in [4.69, 9.17) is 16.3 Å². The Balaban J connectivity index is 1.99. The molecule has 1 aliphatic heterocycles. The molecule has 1 atom stereocenters. The molecular weight excluding hydrogens is 278 g/mol. The van der Waals surface area contributed by atoms with Gasteiger partial charge in [0.1, 0.15) is 0 Å². The van der Waals surface area contributed by atoms with Gasteiger partial charge in [-0.3, -0.25) is 0 Å². The van der Waals surface area contributed by atoms with Crippen molar-refractivity contribution in [1.29, 1.82) is 0 Å². The first-order valence-corrected chi connectivity index (χ1v) is 7.35. The largest absolute Gasteiger partial charge is 0.437 e. The fourth-order valence-electron chi connectivity index (χ4n) is 3.34. The van der Waals surface area contributed by atoms with Gasteiger partial charge in [-0.15, -0.1) is 0 Å². The van der Waals surface area contributed by atoms with Gasteiger partial charge in [0.15, 0.2) is 11.3 Å². The van der Waals surface area contributed by atoms with Crippen LogP contribution >= 0.6 is 11.6 Å². The number of hydrogen-bond acceptors (Lipinski definition) is 3. The number of carbonyl (C=O) groups excluding carboxylic acids is 1. The van der Waals surface area contributed by atoms with Gasteiger partial charge in [-0.2, -0.15) is 0 Å². The number of ether oxygens (including phenoxy) is 1. The average Bonchev–Trinajstić information content (AvgIpc) is 2.59. The van der Waals surface area contributed by atoms with Gasteiger partial charge >= 0.3 is 6.09 Å². The molecule has 0 radical (unpaired) electrons. The van der Waals surface area contributed by atoms with E-state index in [9.17, 15) is 9.90 Å². The highest BCUT2D eigenvalue weighted by atomic mass is 35.5. The number of nitrogens with zero attached hydrogens (tertiary/aromatic N) is 1. The van der Waals surface area contributed by atoms with E-state index >= 15 is 0 Å². The molecule has 1 aliphatic carbocycles. The summed E-state index contributed by atoms with van der Waals surface area (Å²) in [5.41, 5.74) is -1.52. The Kier molecular flexibility index (Phi) is 3.18. The number of halogens is 1. The van der Waals surface area contributed by atoms with Crippen LogP contribution in [-0.2, 0) is 4.74 Å². The Morgan fingerprint density at radius 1 is 1.20 bits per heavy atom. The van der Waals surface area contributed by atoms with Crippen LogP contribution in [0.1, 0.15) is 39.0 Å². The van der Waals surface area contributed by atoms with Crippen molar-refractivity contribution in [3.05, 3.63) is 29.3 Å². The number of carbonyl (C=O) groups is 1. The molecule has 5 heteroatoms. The van der Waals surface area contributed by atoms with Crippen LogP contribution in [0.15, 0.2) is 24.3 Å². The van der Waals surface area contributed by atoms with Gasteiger partial charge in [-0.1, -0.05) is 18.0 Å². The summed E-state index contributed by atoms with van der Waals surface area (Å²) < 4.78 is 5.61.